The van der Waals surface area contributed by atoms with Crippen LogP contribution in [0.2, 0.25) is 0 Å². The molecule has 12 heteroatoms. The smallest absolute Gasteiger partial charge is 0.870 e. The maximum absolute atomic E-state index is 12.0. The molecular weight excluding hydrogens is 511 g/mol. The summed E-state index contributed by atoms with van der Waals surface area (Å²) in [5.74, 6) is -0.443. The molecule has 2 aliphatic heterocycles. The topological polar surface area (TPSA) is 148 Å². The second-order valence-electron chi connectivity index (χ2n) is 9.58. The largest absolute Gasteiger partial charge is 1.00 e. The number of fused-ring (bicyclic) bond motifs is 2. The third kappa shape index (κ3) is 6.92. The number of hydrogen-bond donors (Lipinski definition) is 1. The first kappa shape index (κ1) is 31.3. The number of carbonyl (C=O) groups is 2. The summed E-state index contributed by atoms with van der Waals surface area (Å²) < 4.78 is 19.5. The minimum absolute atomic E-state index is 0. The average Bonchev–Trinajstić information content (AvgIpc) is 3.73. The molecule has 4 aromatic rings. The van der Waals surface area contributed by atoms with Crippen molar-refractivity contribution in [3.8, 4) is 0 Å². The van der Waals surface area contributed by atoms with E-state index < -0.39 is 5.97 Å². The third-order valence-corrected chi connectivity index (χ3v) is 6.90. The van der Waals surface area contributed by atoms with E-state index in [9.17, 15) is 9.59 Å². The summed E-state index contributed by atoms with van der Waals surface area (Å²) in [6.07, 6.45) is 2.06. The predicted molar refractivity (Wildman–Crippen MR) is 142 cm³/mol. The van der Waals surface area contributed by atoms with Crippen molar-refractivity contribution in [2.75, 3.05) is 33.0 Å². The molecule has 40 heavy (non-hydrogen) atoms. The van der Waals surface area contributed by atoms with Crippen molar-refractivity contribution in [2.45, 2.75) is 32.9 Å². The summed E-state index contributed by atoms with van der Waals surface area (Å²) in [6.45, 7) is 6.75. The molecule has 4 heterocycles. The number of esters is 1. The number of para-hydroxylation sites is 2. The fourth-order valence-electron chi connectivity index (χ4n) is 4.99. The molecule has 2 fully saturated rings. The Bertz CT molecular complexity index is 1420. The SMILES string of the molecule is CCOC(=O)c1nn(CC2CCOC2)c2ccccc12.O=C(O)c1nn(CC2CCOC2)c2ccccc12.[Li+].[OH-]. The van der Waals surface area contributed by atoms with Crippen molar-refractivity contribution in [3.63, 3.8) is 0 Å². The Balaban J connectivity index is 0.000000211. The molecule has 2 aromatic heterocycles. The van der Waals surface area contributed by atoms with Gasteiger partial charge in [0.15, 0.2) is 11.4 Å². The van der Waals surface area contributed by atoms with Gasteiger partial charge in [0.25, 0.3) is 0 Å². The van der Waals surface area contributed by atoms with Crippen molar-refractivity contribution < 1.29 is 53.2 Å². The summed E-state index contributed by atoms with van der Waals surface area (Å²) >= 11 is 0. The van der Waals surface area contributed by atoms with Crippen LogP contribution in [0.1, 0.15) is 40.7 Å². The molecule has 208 valence electrons. The molecule has 6 rings (SSSR count). The number of ether oxygens (including phenoxy) is 3. The Labute approximate surface area is 243 Å². The maximum Gasteiger partial charge on any atom is 1.00 e. The minimum Gasteiger partial charge on any atom is -0.870 e. The molecule has 11 nitrogen and oxygen atoms in total. The number of benzene rings is 2. The summed E-state index contributed by atoms with van der Waals surface area (Å²) in [6, 6.07) is 15.2. The van der Waals surface area contributed by atoms with Crippen LogP contribution >= 0.6 is 0 Å². The molecular formula is C28H33LiN4O7. The van der Waals surface area contributed by atoms with Crippen LogP contribution in [0.3, 0.4) is 0 Å². The molecule has 2 aliphatic rings. The molecule has 2 N–H and O–H groups in total. The van der Waals surface area contributed by atoms with Gasteiger partial charge in [0, 0.05) is 48.9 Å². The summed E-state index contributed by atoms with van der Waals surface area (Å²) in [5, 5.41) is 19.4. The van der Waals surface area contributed by atoms with Crippen LogP contribution < -0.4 is 18.9 Å². The second-order valence-corrected chi connectivity index (χ2v) is 9.58. The zero-order valence-electron chi connectivity index (χ0n) is 22.9. The number of carboxylic acids is 1. The number of aromatic carboxylic acids is 1. The quantitative estimate of drug-likeness (QED) is 0.264. The van der Waals surface area contributed by atoms with Gasteiger partial charge in [-0.3, -0.25) is 9.36 Å². The van der Waals surface area contributed by atoms with Crippen molar-refractivity contribution >= 4 is 33.7 Å². The van der Waals surface area contributed by atoms with Gasteiger partial charge in [0.1, 0.15) is 0 Å². The van der Waals surface area contributed by atoms with Crippen LogP contribution in [-0.4, -0.2) is 75.1 Å². The van der Waals surface area contributed by atoms with Gasteiger partial charge in [-0.05, 0) is 31.9 Å². The van der Waals surface area contributed by atoms with Gasteiger partial charge in [-0.2, -0.15) is 10.2 Å². The minimum atomic E-state index is -0.979. The van der Waals surface area contributed by atoms with Crippen molar-refractivity contribution in [1.29, 1.82) is 0 Å². The Hall–Kier alpha value is -3.20. The number of carboxylic acid groups (broad SMARTS) is 1. The number of rotatable bonds is 7. The number of hydrogen-bond acceptors (Lipinski definition) is 8. The molecule has 2 saturated heterocycles. The van der Waals surface area contributed by atoms with Crippen molar-refractivity contribution in [2.24, 2.45) is 11.8 Å². The molecule has 2 unspecified atom stereocenters. The van der Waals surface area contributed by atoms with Crippen LogP contribution in [0.25, 0.3) is 21.8 Å². The number of nitrogens with zero attached hydrogens (tertiary/aromatic N) is 4. The van der Waals surface area contributed by atoms with E-state index in [-0.39, 0.29) is 36.0 Å². The standard InChI is InChI=1S/C15H18N2O3.C13H14N2O3.Li.H2O/c1-2-20-15(18)14-12-5-3-4-6-13(12)17(16-14)9-11-7-8-19-10-11;16-13(17)12-10-3-1-2-4-11(10)15(14-12)7-9-5-6-18-8-9;;/h3-6,11H,2,7-10H2,1H3;1-4,9H,5-8H2,(H,16,17);;1H2/q;;+1;/p-1. The van der Waals surface area contributed by atoms with Gasteiger partial charge in [-0.1, -0.05) is 36.4 Å². The third-order valence-electron chi connectivity index (χ3n) is 6.90. The van der Waals surface area contributed by atoms with Gasteiger partial charge in [-0.25, -0.2) is 9.59 Å². The molecule has 2 aromatic carbocycles. The van der Waals surface area contributed by atoms with Gasteiger partial charge >= 0.3 is 30.8 Å². The zero-order chi connectivity index (χ0) is 26.5. The Kier molecular flexibility index (Phi) is 11.3. The molecule has 0 amide bonds. The molecule has 0 bridgehead atoms. The van der Waals surface area contributed by atoms with Crippen LogP contribution in [0.15, 0.2) is 48.5 Å². The monoisotopic (exact) mass is 544 g/mol. The summed E-state index contributed by atoms with van der Waals surface area (Å²) in [4.78, 5) is 23.2. The van der Waals surface area contributed by atoms with Gasteiger partial charge in [0.2, 0.25) is 0 Å². The van der Waals surface area contributed by atoms with Crippen LogP contribution in [0.5, 0.6) is 0 Å². The van der Waals surface area contributed by atoms with Gasteiger partial charge in [0.05, 0.1) is 30.9 Å². The Morgan fingerprint density at radius 1 is 0.875 bits per heavy atom. The van der Waals surface area contributed by atoms with Gasteiger partial charge < -0.3 is 24.8 Å². The fourth-order valence-corrected chi connectivity index (χ4v) is 4.99. The Morgan fingerprint density at radius 3 is 1.80 bits per heavy atom. The maximum atomic E-state index is 12.0. The summed E-state index contributed by atoms with van der Waals surface area (Å²) in [7, 11) is 0. The van der Waals surface area contributed by atoms with Gasteiger partial charge in [-0.15, -0.1) is 0 Å². The van der Waals surface area contributed by atoms with E-state index in [2.05, 4.69) is 10.2 Å². The van der Waals surface area contributed by atoms with E-state index in [1.165, 1.54) is 0 Å². The van der Waals surface area contributed by atoms with Crippen molar-refractivity contribution in [1.82, 2.24) is 19.6 Å². The molecule has 0 saturated carbocycles. The normalized spacial score (nSPS) is 18.0. The van der Waals surface area contributed by atoms with E-state index in [1.807, 2.05) is 47.1 Å². The van der Waals surface area contributed by atoms with E-state index in [4.69, 9.17) is 19.3 Å². The first-order valence-corrected chi connectivity index (χ1v) is 13.0. The predicted octanol–water partition coefficient (Wildman–Crippen LogP) is 0.848. The molecule has 2 atom stereocenters. The van der Waals surface area contributed by atoms with E-state index in [0.717, 1.165) is 62.2 Å². The molecule has 0 radical (unpaired) electrons. The molecule has 0 spiro atoms. The summed E-state index contributed by atoms with van der Waals surface area (Å²) in [5.41, 5.74) is 2.38. The van der Waals surface area contributed by atoms with Crippen LogP contribution in [0.4, 0.5) is 0 Å². The van der Waals surface area contributed by atoms with E-state index in [1.54, 1.807) is 17.7 Å². The van der Waals surface area contributed by atoms with Crippen LogP contribution in [-0.2, 0) is 27.3 Å². The fraction of sp³-hybridized carbons (Fsp3) is 0.429. The molecule has 0 aliphatic carbocycles. The van der Waals surface area contributed by atoms with Crippen molar-refractivity contribution in [3.05, 3.63) is 59.9 Å². The number of aromatic nitrogens is 4. The first-order valence-electron chi connectivity index (χ1n) is 13.0. The average molecular weight is 545 g/mol. The first-order chi connectivity index (χ1) is 18.5. The van der Waals surface area contributed by atoms with Crippen LogP contribution in [0, 0.1) is 11.8 Å². The Morgan fingerprint density at radius 2 is 1.35 bits per heavy atom. The second kappa shape index (κ2) is 14.4. The number of carbonyl (C=O) groups excluding carboxylic acids is 1. The van der Waals surface area contributed by atoms with E-state index in [0.29, 0.717) is 36.1 Å². The zero-order valence-corrected chi connectivity index (χ0v) is 22.9. The van der Waals surface area contributed by atoms with E-state index >= 15 is 0 Å².